The standard InChI is InChI=1S/C51H54F3N5O17S3/c52-43-44(53)48(46(45(54)47(43)79(55,72)73)57-27-6-4-2-1-3-5-7-27)78(70,71)21-15-39(62)56-16-18-75-20-19-74-17-14-40(63)58-35(51(68)69)26-77-38-25-41(64)59(49(38)65)28-8-11-31(34(22-28)50(66)67)42-32-12-9-29(60)23-36(32)76-37-24-30(61)10-13-33(37)42/h8-13,22-24,27,35,38,57,60H,1-7,14-21,25-26H2,(H,56,62)(H,58,63)(H,66,67)(H,68,69)(H2,55,72,73). The summed E-state index contributed by atoms with van der Waals surface area (Å²) in [5.74, 6) is -13.8. The SMILES string of the molecule is NS(=O)(=O)c1c(F)c(F)c(S(=O)(=O)CCC(=O)NCCOCCOCCC(=O)NC(CSC2CC(=O)N(c3ccc(-c4c5ccc(=O)cc-5oc5cc(O)ccc45)c(C(=O)O)c3)C2=O)C(=O)O)c(NC2CCCCCCC2)c1F. The number of thioether (sulfide) groups is 1. The number of carbonyl (C=O) groups is 6. The smallest absolute Gasteiger partial charge is 0.336 e. The molecule has 2 atom stereocenters. The molecule has 22 nitrogen and oxygen atoms in total. The number of carbonyl (C=O) groups excluding carboxylic acids is 4. The number of halogens is 3. The zero-order valence-corrected chi connectivity index (χ0v) is 44.3. The molecule has 4 amide bonds. The number of fused-ring (bicyclic) bond motifs is 2. The number of benzene rings is 4. The molecular formula is C51H54F3N5O17S3. The number of phenols is 1. The van der Waals surface area contributed by atoms with Crippen LogP contribution in [0.15, 0.2) is 73.6 Å². The number of nitrogens with two attached hydrogens (primary N) is 1. The van der Waals surface area contributed by atoms with Gasteiger partial charge in [-0.1, -0.05) is 38.2 Å². The van der Waals surface area contributed by atoms with Crippen LogP contribution in [-0.2, 0) is 53.3 Å². The molecule has 1 saturated heterocycles. The first-order valence-electron chi connectivity index (χ1n) is 24.7. The fourth-order valence-electron chi connectivity index (χ4n) is 9.14. The van der Waals surface area contributed by atoms with E-state index in [4.69, 9.17) is 19.0 Å². The van der Waals surface area contributed by atoms with Crippen molar-refractivity contribution in [3.8, 4) is 28.2 Å². The number of amides is 4. The molecule has 28 heteroatoms. The van der Waals surface area contributed by atoms with Crippen molar-refractivity contribution in [1.82, 2.24) is 10.6 Å². The lowest BCUT2D eigenvalue weighted by molar-refractivity contribution is -0.141. The number of rotatable bonds is 24. The number of hydrogen-bond acceptors (Lipinski definition) is 17. The van der Waals surface area contributed by atoms with Gasteiger partial charge >= 0.3 is 11.9 Å². The van der Waals surface area contributed by atoms with Crippen molar-refractivity contribution < 1.29 is 88.0 Å². The van der Waals surface area contributed by atoms with Gasteiger partial charge in [0.1, 0.15) is 28.0 Å². The first kappa shape index (κ1) is 59.5. The van der Waals surface area contributed by atoms with E-state index in [0.29, 0.717) is 42.2 Å². The van der Waals surface area contributed by atoms with Crippen molar-refractivity contribution >= 4 is 89.5 Å². The topological polar surface area (TPSA) is 345 Å². The molecule has 2 aliphatic carbocycles. The predicted molar refractivity (Wildman–Crippen MR) is 279 cm³/mol. The lowest BCUT2D eigenvalue weighted by Gasteiger charge is -2.25. The molecule has 424 valence electrons. The zero-order chi connectivity index (χ0) is 57.3. The van der Waals surface area contributed by atoms with Crippen molar-refractivity contribution in [2.45, 2.75) is 91.3 Å². The monoisotopic (exact) mass is 1160 g/mol. The molecule has 79 heavy (non-hydrogen) atoms. The number of imide groups is 1. The number of hydrogen-bond donors (Lipinski definition) is 7. The van der Waals surface area contributed by atoms with E-state index in [1.165, 1.54) is 48.5 Å². The molecule has 1 saturated carbocycles. The Kier molecular flexibility index (Phi) is 19.4. The number of aliphatic carboxylic acids is 1. The van der Waals surface area contributed by atoms with E-state index in [9.17, 15) is 70.1 Å². The van der Waals surface area contributed by atoms with E-state index in [2.05, 4.69) is 16.0 Å². The molecule has 2 heterocycles. The van der Waals surface area contributed by atoms with Crippen molar-refractivity contribution in [3.05, 3.63) is 87.8 Å². The fourth-order valence-corrected chi connectivity index (χ4v) is 12.5. The minimum absolute atomic E-state index is 0.0524. The summed E-state index contributed by atoms with van der Waals surface area (Å²) < 4.78 is 114. The molecule has 3 aromatic rings. The minimum atomic E-state index is -5.19. The van der Waals surface area contributed by atoms with E-state index in [1.54, 1.807) is 0 Å². The Morgan fingerprint density at radius 3 is 2.15 bits per heavy atom. The lowest BCUT2D eigenvalue weighted by atomic mass is 9.90. The van der Waals surface area contributed by atoms with Gasteiger partial charge in [-0.2, -0.15) is 0 Å². The Morgan fingerprint density at radius 1 is 0.797 bits per heavy atom. The third kappa shape index (κ3) is 14.4. The Bertz CT molecular complexity index is 3450. The van der Waals surface area contributed by atoms with Crippen molar-refractivity contribution in [2.75, 3.05) is 54.7 Å². The van der Waals surface area contributed by atoms with Crippen molar-refractivity contribution in [3.63, 3.8) is 0 Å². The van der Waals surface area contributed by atoms with Crippen molar-refractivity contribution in [1.29, 1.82) is 0 Å². The highest BCUT2D eigenvalue weighted by atomic mass is 32.2. The maximum Gasteiger partial charge on any atom is 0.336 e. The van der Waals surface area contributed by atoms with Gasteiger partial charge in [-0.05, 0) is 54.8 Å². The van der Waals surface area contributed by atoms with E-state index in [0.717, 1.165) is 42.0 Å². The van der Waals surface area contributed by atoms with Gasteiger partial charge in [0.15, 0.2) is 37.6 Å². The summed E-state index contributed by atoms with van der Waals surface area (Å²) in [7, 11) is -10.2. The molecule has 0 spiro atoms. The third-order valence-corrected chi connectivity index (χ3v) is 16.9. The predicted octanol–water partition coefficient (Wildman–Crippen LogP) is 4.90. The zero-order valence-electron chi connectivity index (χ0n) is 41.9. The number of phenolic OH excluding ortho intramolecular Hbond substituents is 1. The summed E-state index contributed by atoms with van der Waals surface area (Å²) in [4.78, 5) is 86.7. The van der Waals surface area contributed by atoms with E-state index < -0.39 is 118 Å². The number of carboxylic acids is 2. The van der Waals surface area contributed by atoms with Crippen LogP contribution in [0, 0.1) is 17.5 Å². The summed E-state index contributed by atoms with van der Waals surface area (Å²) in [5.41, 5.74) is -0.864. The number of anilines is 2. The number of nitrogens with zero attached hydrogens (tertiary/aromatic N) is 1. The Hall–Kier alpha value is -7.11. The number of sulfonamides is 1. The number of aromatic carboxylic acids is 1. The number of carboxylic acid groups (broad SMARTS) is 2. The van der Waals surface area contributed by atoms with E-state index in [1.807, 2.05) is 0 Å². The van der Waals surface area contributed by atoms with Crippen LogP contribution in [0.25, 0.3) is 33.4 Å². The average molecular weight is 1160 g/mol. The fraction of sp³-hybridized carbons (Fsp3) is 0.392. The van der Waals surface area contributed by atoms with Gasteiger partial charge in [-0.15, -0.1) is 11.8 Å². The van der Waals surface area contributed by atoms with E-state index in [-0.39, 0.29) is 90.9 Å². The molecule has 0 aromatic heterocycles. The molecule has 8 N–H and O–H groups in total. The van der Waals surface area contributed by atoms with Gasteiger partial charge < -0.3 is 45.2 Å². The normalized spacial score (nSPS) is 15.9. The van der Waals surface area contributed by atoms with Crippen LogP contribution >= 0.6 is 11.8 Å². The number of ether oxygens (including phenoxy) is 2. The summed E-state index contributed by atoms with van der Waals surface area (Å²) in [5, 5.41) is 41.9. The number of sulfone groups is 1. The number of primary sulfonamides is 1. The molecular weight excluding hydrogens is 1110 g/mol. The summed E-state index contributed by atoms with van der Waals surface area (Å²) >= 11 is 0.801. The van der Waals surface area contributed by atoms with Gasteiger partial charge in [0.25, 0.3) is 0 Å². The first-order chi connectivity index (χ1) is 37.5. The van der Waals surface area contributed by atoms with Crippen LogP contribution < -0.4 is 31.4 Å². The summed E-state index contributed by atoms with van der Waals surface area (Å²) in [6.07, 6.45) is 3.25. The largest absolute Gasteiger partial charge is 0.508 e. The van der Waals surface area contributed by atoms with Gasteiger partial charge in [-0.25, -0.2) is 49.6 Å². The van der Waals surface area contributed by atoms with E-state index >= 15 is 8.78 Å². The molecule has 3 aromatic carbocycles. The maximum atomic E-state index is 15.7. The highest BCUT2D eigenvalue weighted by Crippen LogP contribution is 2.44. The lowest BCUT2D eigenvalue weighted by Crippen LogP contribution is -2.43. The molecule has 4 aliphatic rings. The van der Waals surface area contributed by atoms with Gasteiger partial charge in [0.05, 0.1) is 54.4 Å². The quantitative estimate of drug-likeness (QED) is 0.0187. The second-order valence-corrected chi connectivity index (χ2v) is 23.3. The van der Waals surface area contributed by atoms with Crippen LogP contribution in [-0.4, -0.2) is 130 Å². The van der Waals surface area contributed by atoms with Gasteiger partial charge in [0, 0.05) is 66.2 Å². The van der Waals surface area contributed by atoms with Gasteiger partial charge in [-0.3, -0.25) is 24.0 Å². The van der Waals surface area contributed by atoms with Gasteiger partial charge in [0.2, 0.25) is 33.7 Å². The third-order valence-electron chi connectivity index (χ3n) is 12.9. The van der Waals surface area contributed by atoms with Crippen LogP contribution in [0.2, 0.25) is 0 Å². The second-order valence-electron chi connectivity index (χ2n) is 18.5. The number of nitrogens with one attached hydrogen (secondary N) is 3. The molecule has 2 fully saturated rings. The van der Waals surface area contributed by atoms with Crippen LogP contribution in [0.1, 0.15) is 74.6 Å². The molecule has 7 rings (SSSR count). The second kappa shape index (κ2) is 25.8. The highest BCUT2D eigenvalue weighted by molar-refractivity contribution is 8.00. The Labute approximate surface area is 453 Å². The molecule has 2 unspecified atom stereocenters. The van der Waals surface area contributed by atoms with Crippen molar-refractivity contribution in [2.24, 2.45) is 5.14 Å². The molecule has 2 aliphatic heterocycles. The summed E-state index contributed by atoms with van der Waals surface area (Å²) in [6, 6.07) is 9.93. The minimum Gasteiger partial charge on any atom is -0.508 e. The average Bonchev–Trinajstić information content (AvgIpc) is 3.72. The Morgan fingerprint density at radius 2 is 1.47 bits per heavy atom. The van der Waals surface area contributed by atoms with Crippen LogP contribution in [0.5, 0.6) is 5.75 Å². The first-order valence-corrected chi connectivity index (χ1v) is 28.9. The highest BCUT2D eigenvalue weighted by Gasteiger charge is 2.42. The summed E-state index contributed by atoms with van der Waals surface area (Å²) in [6.45, 7) is -0.561. The van der Waals surface area contributed by atoms with Crippen LogP contribution in [0.3, 0.4) is 0 Å². The Balaban J connectivity index is 0.840. The molecule has 0 bridgehead atoms. The number of aromatic hydroxyl groups is 1. The molecule has 0 radical (unpaired) electrons. The maximum absolute atomic E-state index is 15.7. The van der Waals surface area contributed by atoms with Crippen LogP contribution in [0.4, 0.5) is 24.5 Å².